The van der Waals surface area contributed by atoms with Gasteiger partial charge in [-0.2, -0.15) is 52.7 Å². The van der Waals surface area contributed by atoms with E-state index in [4.69, 9.17) is 0 Å². The van der Waals surface area contributed by atoms with E-state index in [-0.39, 0.29) is 5.69 Å². The van der Waals surface area contributed by atoms with E-state index in [1.807, 2.05) is 92.9 Å². The van der Waals surface area contributed by atoms with E-state index in [1.165, 1.54) is 12.1 Å². The van der Waals surface area contributed by atoms with Gasteiger partial charge in [-0.05, 0) is 123 Å². The van der Waals surface area contributed by atoms with Gasteiger partial charge in [0.2, 0.25) is 5.41 Å². The van der Waals surface area contributed by atoms with Crippen LogP contribution in [0, 0.1) is 27.7 Å². The summed E-state index contributed by atoms with van der Waals surface area (Å²) in [5, 5.41) is 3.33. The molecular weight excluding hydrogens is 905 g/mol. The molecule has 0 radical (unpaired) electrons. The highest BCUT2D eigenvalue weighted by atomic mass is 19.4. The molecule has 0 unspecified atom stereocenters. The lowest BCUT2D eigenvalue weighted by Crippen LogP contribution is -2.54. The number of fused-ring (bicyclic) bond motifs is 6. The van der Waals surface area contributed by atoms with E-state index in [0.717, 1.165) is 68.1 Å². The van der Waals surface area contributed by atoms with Gasteiger partial charge in [0, 0.05) is 38.3 Å². The normalized spacial score (nSPS) is 13.4. The maximum absolute atomic E-state index is 15.5. The third-order valence-electron chi connectivity index (χ3n) is 13.1. The molecule has 350 valence electrons. The maximum atomic E-state index is 15.5. The zero-order chi connectivity index (χ0) is 48.9. The van der Waals surface area contributed by atoms with Crippen molar-refractivity contribution in [2.24, 2.45) is 0 Å². The Kier molecular flexibility index (Phi) is 10.9. The summed E-state index contributed by atoms with van der Waals surface area (Å²) in [7, 11) is 0. The Labute approximate surface area is 382 Å². The zero-order valence-corrected chi connectivity index (χ0v) is 36.7. The second kappa shape index (κ2) is 16.0. The SMILES string of the molecule is Cc1ccc2c(c1)c1cc(C)ccc1n2-c1ccc(C(CC(F)(F)F)(CC(F)(F)F)c2ccc(C(c3ccc(-n4c5ccc(C)cc5c5cc(C)ccc54)cc3)(C(F)(F)F)C(F)(F)F)cc2)cc1. The summed E-state index contributed by atoms with van der Waals surface area (Å²) >= 11 is 0. The summed E-state index contributed by atoms with van der Waals surface area (Å²) in [6.45, 7) is 7.57. The number of halogens is 12. The molecule has 7 aromatic carbocycles. The summed E-state index contributed by atoms with van der Waals surface area (Å²) < 4.78 is 185. The third kappa shape index (κ3) is 7.75. The molecule has 0 saturated heterocycles. The number of hydrogen-bond acceptors (Lipinski definition) is 0. The molecule has 0 atom stereocenters. The van der Waals surface area contributed by atoms with Crippen molar-refractivity contribution < 1.29 is 52.7 Å². The van der Waals surface area contributed by atoms with Crippen molar-refractivity contribution in [1.82, 2.24) is 9.13 Å². The van der Waals surface area contributed by atoms with Crippen LogP contribution in [0.5, 0.6) is 0 Å². The fourth-order valence-electron chi connectivity index (χ4n) is 10.2. The van der Waals surface area contributed by atoms with Crippen molar-refractivity contribution in [1.29, 1.82) is 0 Å². The van der Waals surface area contributed by atoms with Crippen LogP contribution < -0.4 is 0 Å². The zero-order valence-electron chi connectivity index (χ0n) is 36.7. The van der Waals surface area contributed by atoms with Gasteiger partial charge in [0.15, 0.2) is 0 Å². The quantitative estimate of drug-likeness (QED) is 0.134. The molecule has 0 fully saturated rings. The second-order valence-electron chi connectivity index (χ2n) is 17.8. The van der Waals surface area contributed by atoms with E-state index in [1.54, 1.807) is 16.7 Å². The van der Waals surface area contributed by atoms with Crippen molar-refractivity contribution in [3.8, 4) is 11.4 Å². The summed E-state index contributed by atoms with van der Waals surface area (Å²) in [5.41, 5.74) is -4.71. The average Bonchev–Trinajstić information content (AvgIpc) is 3.73. The van der Waals surface area contributed by atoms with Crippen LogP contribution in [0.2, 0.25) is 0 Å². The topological polar surface area (TPSA) is 9.86 Å². The van der Waals surface area contributed by atoms with Gasteiger partial charge >= 0.3 is 24.7 Å². The summed E-state index contributed by atoms with van der Waals surface area (Å²) in [4.78, 5) is 0. The fraction of sp³-hybridized carbons (Fsp3) is 0.222. The van der Waals surface area contributed by atoms with Gasteiger partial charge in [-0.15, -0.1) is 0 Å². The minimum absolute atomic E-state index is 0.244. The molecule has 0 saturated carbocycles. The second-order valence-corrected chi connectivity index (χ2v) is 17.8. The van der Waals surface area contributed by atoms with Crippen LogP contribution in [0.25, 0.3) is 55.0 Å². The molecule has 0 amide bonds. The van der Waals surface area contributed by atoms with Crippen LogP contribution in [-0.2, 0) is 10.8 Å². The lowest BCUT2D eigenvalue weighted by atomic mass is 9.67. The van der Waals surface area contributed by atoms with Crippen LogP contribution in [0.15, 0.2) is 146 Å². The van der Waals surface area contributed by atoms with Crippen molar-refractivity contribution in [3.63, 3.8) is 0 Å². The van der Waals surface area contributed by atoms with Gasteiger partial charge in [-0.1, -0.05) is 95.1 Å². The summed E-state index contributed by atoms with van der Waals surface area (Å²) in [6.07, 6.45) is -27.1. The third-order valence-corrected chi connectivity index (χ3v) is 13.1. The van der Waals surface area contributed by atoms with Gasteiger partial charge in [0.05, 0.1) is 34.9 Å². The molecule has 2 heterocycles. The minimum atomic E-state index is -6.11. The van der Waals surface area contributed by atoms with Crippen LogP contribution in [-0.4, -0.2) is 33.8 Å². The van der Waals surface area contributed by atoms with Gasteiger partial charge in [-0.25, -0.2) is 0 Å². The van der Waals surface area contributed by atoms with E-state index in [2.05, 4.69) is 0 Å². The Bertz CT molecular complexity index is 3220. The lowest BCUT2D eigenvalue weighted by Gasteiger charge is -2.40. The smallest absolute Gasteiger partial charge is 0.309 e. The molecule has 0 aliphatic rings. The molecule has 68 heavy (non-hydrogen) atoms. The van der Waals surface area contributed by atoms with E-state index >= 15 is 26.3 Å². The Morgan fingerprint density at radius 2 is 0.574 bits per heavy atom. The Morgan fingerprint density at radius 3 is 0.838 bits per heavy atom. The number of alkyl halides is 12. The van der Waals surface area contributed by atoms with Gasteiger partial charge < -0.3 is 9.13 Å². The predicted molar refractivity (Wildman–Crippen MR) is 242 cm³/mol. The Morgan fingerprint density at radius 1 is 0.324 bits per heavy atom. The predicted octanol–water partition coefficient (Wildman–Crippen LogP) is 16.7. The van der Waals surface area contributed by atoms with Crippen molar-refractivity contribution in [2.75, 3.05) is 0 Å². The fourth-order valence-corrected chi connectivity index (χ4v) is 10.2. The standard InChI is InChI=1S/C54H40F12N2/c1-31-5-21-45-41(25-31)42-26-32(2)6-22-46(42)67(45)39-17-13-36(14-18-39)49(29-50(55,56)57,30-51(58,59)60)35-9-11-37(12-10-35)52(53(61,62)63,54(64,65)66)38-15-19-40(20-16-38)68-47-23-7-33(3)27-43(47)44-28-34(4)8-24-48(44)68/h5-28H,29-30H2,1-4H3. The molecule has 0 bridgehead atoms. The van der Waals surface area contributed by atoms with Gasteiger partial charge in [-0.3, -0.25) is 0 Å². The number of aryl methyl sites for hydroxylation is 4. The van der Waals surface area contributed by atoms with Crippen molar-refractivity contribution in [2.45, 2.75) is 76.1 Å². The van der Waals surface area contributed by atoms with Crippen molar-refractivity contribution in [3.05, 3.63) is 190 Å². The number of rotatable bonds is 8. The monoisotopic (exact) mass is 944 g/mol. The molecule has 0 aliphatic heterocycles. The van der Waals surface area contributed by atoms with Crippen molar-refractivity contribution >= 4 is 43.6 Å². The Balaban J connectivity index is 1.18. The van der Waals surface area contributed by atoms with Crippen LogP contribution in [0.4, 0.5) is 52.7 Å². The van der Waals surface area contributed by atoms with E-state index in [0.29, 0.717) is 64.2 Å². The molecule has 0 N–H and O–H groups in total. The molecule has 0 spiro atoms. The highest BCUT2D eigenvalue weighted by molar-refractivity contribution is 6.10. The highest BCUT2D eigenvalue weighted by Crippen LogP contribution is 2.57. The minimum Gasteiger partial charge on any atom is -0.309 e. The maximum Gasteiger partial charge on any atom is 0.411 e. The van der Waals surface area contributed by atoms with Gasteiger partial charge in [0.25, 0.3) is 0 Å². The number of benzene rings is 7. The average molecular weight is 945 g/mol. The molecule has 2 nitrogen and oxygen atoms in total. The van der Waals surface area contributed by atoms with E-state index < -0.39 is 70.6 Å². The number of hydrogen-bond donors (Lipinski definition) is 0. The molecular formula is C54H40F12N2. The van der Waals surface area contributed by atoms with Crippen LogP contribution >= 0.6 is 0 Å². The molecule has 2 aromatic heterocycles. The first kappa shape index (κ1) is 46.4. The van der Waals surface area contributed by atoms with Gasteiger partial charge in [0.1, 0.15) is 0 Å². The van der Waals surface area contributed by atoms with E-state index in [9.17, 15) is 26.3 Å². The molecule has 0 aliphatic carbocycles. The number of nitrogens with zero attached hydrogens (tertiary/aromatic N) is 2. The molecule has 14 heteroatoms. The first-order valence-corrected chi connectivity index (χ1v) is 21.4. The largest absolute Gasteiger partial charge is 0.411 e. The lowest BCUT2D eigenvalue weighted by molar-refractivity contribution is -0.288. The number of aromatic nitrogens is 2. The summed E-state index contributed by atoms with van der Waals surface area (Å²) in [6, 6.07) is 32.6. The molecule has 9 rings (SSSR count). The first-order chi connectivity index (χ1) is 31.8. The first-order valence-electron chi connectivity index (χ1n) is 21.4. The summed E-state index contributed by atoms with van der Waals surface area (Å²) in [5.74, 6) is 0. The van der Waals surface area contributed by atoms with Crippen LogP contribution in [0.1, 0.15) is 57.3 Å². The molecule has 9 aromatic rings. The Hall–Kier alpha value is -6.70. The van der Waals surface area contributed by atoms with Crippen LogP contribution in [0.3, 0.4) is 0 Å². The highest BCUT2D eigenvalue weighted by Gasteiger charge is 2.72.